The third-order valence-corrected chi connectivity index (χ3v) is 4.69. The standard InChI is InChI=1S/2C10H13N.ClH/c2*1-11-8-4-6-9-5-2-3-7-10(9)11;/h2*2-3,5,7H,4,6,8H2,1H3;1H/p-1. The number of fused-ring (bicyclic) bond motifs is 2. The van der Waals surface area contributed by atoms with E-state index < -0.39 is 0 Å². The van der Waals surface area contributed by atoms with Gasteiger partial charge in [-0.3, -0.25) is 0 Å². The summed E-state index contributed by atoms with van der Waals surface area (Å²) in [5.74, 6) is 0. The average molecular weight is 330 g/mol. The molecule has 0 bridgehead atoms. The first kappa shape index (κ1) is 17.7. The zero-order chi connectivity index (χ0) is 15.4. The first-order valence-electron chi connectivity index (χ1n) is 8.34. The van der Waals surface area contributed by atoms with E-state index in [9.17, 15) is 0 Å². The van der Waals surface area contributed by atoms with Crippen molar-refractivity contribution in [1.29, 1.82) is 0 Å². The van der Waals surface area contributed by atoms with Crippen LogP contribution in [0.2, 0.25) is 0 Å². The fraction of sp³-hybridized carbons (Fsp3) is 0.400. The Hall–Kier alpha value is -1.67. The van der Waals surface area contributed by atoms with E-state index in [1.54, 1.807) is 0 Å². The van der Waals surface area contributed by atoms with Crippen LogP contribution >= 0.6 is 0 Å². The molecule has 2 heterocycles. The molecule has 2 aliphatic rings. The van der Waals surface area contributed by atoms with Crippen LogP contribution in [-0.4, -0.2) is 27.2 Å². The maximum atomic E-state index is 2.33. The molecule has 0 spiro atoms. The Balaban J connectivity index is 0.000000160. The Kier molecular flexibility index (Phi) is 6.35. The number of rotatable bonds is 0. The van der Waals surface area contributed by atoms with E-state index in [-0.39, 0.29) is 12.4 Å². The lowest BCUT2D eigenvalue weighted by Gasteiger charge is -2.26. The molecule has 4 rings (SSSR count). The van der Waals surface area contributed by atoms with Crippen LogP contribution in [0, 0.1) is 0 Å². The topological polar surface area (TPSA) is 6.48 Å². The highest BCUT2D eigenvalue weighted by Crippen LogP contribution is 2.25. The largest absolute Gasteiger partial charge is 1.00 e. The number of para-hydroxylation sites is 2. The van der Waals surface area contributed by atoms with Crippen LogP contribution in [0.25, 0.3) is 0 Å². The van der Waals surface area contributed by atoms with E-state index in [2.05, 4.69) is 72.4 Å². The van der Waals surface area contributed by atoms with Crippen molar-refractivity contribution in [3.8, 4) is 0 Å². The minimum Gasteiger partial charge on any atom is -1.00 e. The van der Waals surface area contributed by atoms with Gasteiger partial charge in [0.15, 0.2) is 0 Å². The lowest BCUT2D eigenvalue weighted by atomic mass is 10.0. The van der Waals surface area contributed by atoms with Crippen molar-refractivity contribution < 1.29 is 12.4 Å². The Bertz CT molecular complexity index is 571. The molecule has 0 amide bonds. The Morgan fingerprint density at radius 1 is 0.652 bits per heavy atom. The fourth-order valence-electron chi connectivity index (χ4n) is 3.44. The summed E-state index contributed by atoms with van der Waals surface area (Å²) >= 11 is 0. The molecule has 0 radical (unpaired) electrons. The predicted molar refractivity (Wildman–Crippen MR) is 96.1 cm³/mol. The van der Waals surface area contributed by atoms with E-state index in [0.717, 1.165) is 0 Å². The number of aryl methyl sites for hydroxylation is 2. The third kappa shape index (κ3) is 4.20. The van der Waals surface area contributed by atoms with Gasteiger partial charge >= 0.3 is 0 Å². The Morgan fingerprint density at radius 2 is 1.04 bits per heavy atom. The summed E-state index contributed by atoms with van der Waals surface area (Å²) in [6.07, 6.45) is 5.10. The van der Waals surface area contributed by atoms with E-state index in [4.69, 9.17) is 0 Å². The average Bonchev–Trinajstić information content (AvgIpc) is 2.57. The van der Waals surface area contributed by atoms with Gasteiger partial charge in [-0.05, 0) is 48.9 Å². The molecule has 0 aromatic heterocycles. The first-order valence-corrected chi connectivity index (χ1v) is 8.34. The summed E-state index contributed by atoms with van der Waals surface area (Å²) in [5.41, 5.74) is 5.83. The number of halogens is 1. The van der Waals surface area contributed by atoms with Crippen molar-refractivity contribution in [3.63, 3.8) is 0 Å². The van der Waals surface area contributed by atoms with Crippen LogP contribution < -0.4 is 22.2 Å². The van der Waals surface area contributed by atoms with E-state index in [0.29, 0.717) is 0 Å². The highest BCUT2D eigenvalue weighted by molar-refractivity contribution is 5.55. The molecule has 124 valence electrons. The smallest absolute Gasteiger partial charge is 0.0396 e. The zero-order valence-electron chi connectivity index (χ0n) is 14.1. The van der Waals surface area contributed by atoms with Gasteiger partial charge in [0, 0.05) is 38.6 Å². The lowest BCUT2D eigenvalue weighted by molar-refractivity contribution is -0.00000448. The highest BCUT2D eigenvalue weighted by atomic mass is 35.5. The number of anilines is 2. The molecule has 2 aromatic carbocycles. The second-order valence-electron chi connectivity index (χ2n) is 6.31. The van der Waals surface area contributed by atoms with Crippen LogP contribution in [-0.2, 0) is 12.8 Å². The summed E-state index contributed by atoms with van der Waals surface area (Å²) in [4.78, 5) is 4.66. The number of hydrogen-bond acceptors (Lipinski definition) is 2. The van der Waals surface area contributed by atoms with Gasteiger partial charge in [0.1, 0.15) is 0 Å². The second-order valence-corrected chi connectivity index (χ2v) is 6.31. The Morgan fingerprint density at radius 3 is 1.43 bits per heavy atom. The van der Waals surface area contributed by atoms with Gasteiger partial charge in [0.25, 0.3) is 0 Å². The minimum absolute atomic E-state index is 0. The van der Waals surface area contributed by atoms with E-state index in [1.165, 1.54) is 61.3 Å². The number of benzene rings is 2. The fourth-order valence-corrected chi connectivity index (χ4v) is 3.44. The SMILES string of the molecule is CN1CCCc2ccccc21.CN1CCCc2ccccc21.[Cl-]. The van der Waals surface area contributed by atoms with Crippen molar-refractivity contribution in [2.45, 2.75) is 25.7 Å². The summed E-state index contributed by atoms with van der Waals surface area (Å²) in [6, 6.07) is 17.3. The molecule has 0 fully saturated rings. The predicted octanol–water partition coefficient (Wildman–Crippen LogP) is 1.14. The molecule has 3 heteroatoms. The maximum absolute atomic E-state index is 2.33. The van der Waals surface area contributed by atoms with Crippen LogP contribution in [0.3, 0.4) is 0 Å². The van der Waals surface area contributed by atoms with E-state index >= 15 is 0 Å². The van der Waals surface area contributed by atoms with Crippen molar-refractivity contribution in [2.75, 3.05) is 37.0 Å². The van der Waals surface area contributed by atoms with Gasteiger partial charge in [-0.15, -0.1) is 0 Å². The van der Waals surface area contributed by atoms with Gasteiger partial charge in [-0.2, -0.15) is 0 Å². The number of nitrogens with zero attached hydrogens (tertiary/aromatic N) is 2. The van der Waals surface area contributed by atoms with Gasteiger partial charge in [-0.25, -0.2) is 0 Å². The molecular formula is C20H26ClN2-. The molecule has 0 aliphatic carbocycles. The van der Waals surface area contributed by atoms with Gasteiger partial charge in [-0.1, -0.05) is 36.4 Å². The van der Waals surface area contributed by atoms with Crippen molar-refractivity contribution in [2.24, 2.45) is 0 Å². The quantitative estimate of drug-likeness (QED) is 0.715. The minimum atomic E-state index is 0. The molecular weight excluding hydrogens is 304 g/mol. The van der Waals surface area contributed by atoms with Crippen LogP contribution in [0.15, 0.2) is 48.5 Å². The van der Waals surface area contributed by atoms with Gasteiger partial charge < -0.3 is 22.2 Å². The van der Waals surface area contributed by atoms with Crippen LogP contribution in [0.1, 0.15) is 24.0 Å². The van der Waals surface area contributed by atoms with Crippen LogP contribution in [0.5, 0.6) is 0 Å². The molecule has 0 saturated carbocycles. The highest BCUT2D eigenvalue weighted by Gasteiger charge is 2.11. The first-order chi connectivity index (χ1) is 10.8. The monoisotopic (exact) mass is 329 g/mol. The molecule has 0 saturated heterocycles. The van der Waals surface area contributed by atoms with Crippen molar-refractivity contribution in [1.82, 2.24) is 0 Å². The van der Waals surface area contributed by atoms with Crippen molar-refractivity contribution in [3.05, 3.63) is 59.7 Å². The molecule has 2 nitrogen and oxygen atoms in total. The normalized spacial score (nSPS) is 15.6. The molecule has 23 heavy (non-hydrogen) atoms. The summed E-state index contributed by atoms with van der Waals surface area (Å²) in [7, 11) is 4.33. The van der Waals surface area contributed by atoms with Gasteiger partial charge in [0.05, 0.1) is 0 Å². The van der Waals surface area contributed by atoms with E-state index in [1.807, 2.05) is 0 Å². The van der Waals surface area contributed by atoms with Crippen molar-refractivity contribution >= 4 is 11.4 Å². The molecule has 2 aromatic rings. The second kappa shape index (κ2) is 8.26. The van der Waals surface area contributed by atoms with Crippen LogP contribution in [0.4, 0.5) is 11.4 Å². The summed E-state index contributed by atoms with van der Waals surface area (Å²) in [6.45, 7) is 2.41. The zero-order valence-corrected chi connectivity index (χ0v) is 14.9. The number of hydrogen-bond donors (Lipinski definition) is 0. The third-order valence-electron chi connectivity index (χ3n) is 4.69. The molecule has 2 aliphatic heterocycles. The Labute approximate surface area is 146 Å². The molecule has 0 N–H and O–H groups in total. The molecule has 0 unspecified atom stereocenters. The summed E-state index contributed by atoms with van der Waals surface area (Å²) in [5, 5.41) is 0. The maximum Gasteiger partial charge on any atom is 0.0396 e. The molecule has 0 atom stereocenters. The lowest BCUT2D eigenvalue weighted by Crippen LogP contribution is -3.00. The van der Waals surface area contributed by atoms with Gasteiger partial charge in [0.2, 0.25) is 0 Å². The summed E-state index contributed by atoms with van der Waals surface area (Å²) < 4.78 is 0.